The number of alkyl halides is 3. The number of halogens is 5. The van der Waals surface area contributed by atoms with Crippen molar-refractivity contribution in [3.8, 4) is 0 Å². The lowest BCUT2D eigenvalue weighted by Crippen LogP contribution is -1.96. The summed E-state index contributed by atoms with van der Waals surface area (Å²) in [6, 6.07) is 1.28. The topological polar surface area (TPSA) is 12.9 Å². The van der Waals surface area contributed by atoms with Crippen LogP contribution in [0.15, 0.2) is 6.07 Å². The molecule has 0 N–H and O–H groups in total. The van der Waals surface area contributed by atoms with Crippen molar-refractivity contribution in [2.75, 3.05) is 0 Å². The van der Waals surface area contributed by atoms with Crippen LogP contribution in [-0.2, 0) is 5.88 Å². The minimum Gasteiger partial charge on any atom is -0.224 e. The molecule has 13 heavy (non-hydrogen) atoms. The van der Waals surface area contributed by atoms with Crippen molar-refractivity contribution in [1.29, 1.82) is 0 Å². The van der Waals surface area contributed by atoms with Gasteiger partial charge in [-0.15, -0.1) is 11.6 Å². The van der Waals surface area contributed by atoms with E-state index in [-0.39, 0.29) is 27.3 Å². The van der Waals surface area contributed by atoms with E-state index in [2.05, 4.69) is 4.98 Å². The summed E-state index contributed by atoms with van der Waals surface area (Å²) in [6.45, 7) is 0. The molecular weight excluding hydrogens is 242 g/mol. The molecule has 0 aliphatic carbocycles. The minimum absolute atomic E-state index is 0.0602. The molecule has 0 unspecified atom stereocenters. The number of aromatic nitrogens is 1. The Bertz CT molecular complexity index is 317. The molecule has 0 saturated carbocycles. The number of pyridine rings is 1. The number of hydrogen-bond donors (Lipinski definition) is 0. The SMILES string of the molecule is FC(F)c1c(CCl)cc(Cl)nc1Cl. The van der Waals surface area contributed by atoms with Gasteiger partial charge in [0.1, 0.15) is 10.3 Å². The zero-order valence-corrected chi connectivity index (χ0v) is 8.47. The van der Waals surface area contributed by atoms with Gasteiger partial charge in [0, 0.05) is 5.88 Å². The van der Waals surface area contributed by atoms with E-state index in [1.165, 1.54) is 6.07 Å². The highest BCUT2D eigenvalue weighted by Crippen LogP contribution is 2.31. The molecule has 1 aromatic rings. The van der Waals surface area contributed by atoms with Gasteiger partial charge in [-0.05, 0) is 11.6 Å². The Balaban J connectivity index is 3.30. The molecule has 1 nitrogen and oxygen atoms in total. The molecule has 0 aliphatic rings. The van der Waals surface area contributed by atoms with E-state index in [1.807, 2.05) is 0 Å². The summed E-state index contributed by atoms with van der Waals surface area (Å²) in [5, 5.41) is -0.233. The van der Waals surface area contributed by atoms with Crippen LogP contribution in [0.1, 0.15) is 17.6 Å². The normalized spacial score (nSPS) is 10.9. The maximum Gasteiger partial charge on any atom is 0.267 e. The fourth-order valence-electron chi connectivity index (χ4n) is 0.881. The molecule has 0 aromatic carbocycles. The molecule has 0 atom stereocenters. The molecule has 0 saturated heterocycles. The molecule has 0 aliphatic heterocycles. The van der Waals surface area contributed by atoms with Crippen LogP contribution in [0.3, 0.4) is 0 Å². The van der Waals surface area contributed by atoms with Gasteiger partial charge < -0.3 is 0 Å². The third-order valence-corrected chi connectivity index (χ3v) is 2.20. The van der Waals surface area contributed by atoms with Gasteiger partial charge >= 0.3 is 0 Å². The zero-order valence-electron chi connectivity index (χ0n) is 6.20. The second kappa shape index (κ2) is 4.40. The molecule has 72 valence electrons. The third-order valence-electron chi connectivity index (χ3n) is 1.43. The van der Waals surface area contributed by atoms with Gasteiger partial charge in [-0.25, -0.2) is 13.8 Å². The largest absolute Gasteiger partial charge is 0.267 e. The quantitative estimate of drug-likeness (QED) is 0.566. The van der Waals surface area contributed by atoms with Crippen molar-refractivity contribution in [2.45, 2.75) is 12.3 Å². The summed E-state index contributed by atoms with van der Waals surface area (Å²) in [7, 11) is 0. The Kier molecular flexibility index (Phi) is 3.71. The number of hydrogen-bond acceptors (Lipinski definition) is 1. The van der Waals surface area contributed by atoms with E-state index < -0.39 is 6.43 Å². The maximum absolute atomic E-state index is 12.4. The first kappa shape index (κ1) is 11.0. The lowest BCUT2D eigenvalue weighted by molar-refractivity contribution is 0.150. The average Bonchev–Trinajstić information content (AvgIpc) is 2.01. The highest BCUT2D eigenvalue weighted by molar-refractivity contribution is 6.33. The van der Waals surface area contributed by atoms with Crippen molar-refractivity contribution in [3.63, 3.8) is 0 Å². The standard InChI is InChI=1S/C7H4Cl3F2N/c8-2-3-1-4(9)13-6(10)5(3)7(11)12/h1,7H,2H2. The fourth-order valence-corrected chi connectivity index (χ4v) is 1.66. The first-order chi connectivity index (χ1) is 6.06. The monoisotopic (exact) mass is 245 g/mol. The van der Waals surface area contributed by atoms with Gasteiger partial charge in [0.15, 0.2) is 0 Å². The van der Waals surface area contributed by atoms with E-state index >= 15 is 0 Å². The first-order valence-electron chi connectivity index (χ1n) is 3.25. The highest BCUT2D eigenvalue weighted by Gasteiger charge is 2.18. The molecule has 0 radical (unpaired) electrons. The van der Waals surface area contributed by atoms with Crippen LogP contribution in [0.5, 0.6) is 0 Å². The van der Waals surface area contributed by atoms with Crippen molar-refractivity contribution < 1.29 is 8.78 Å². The van der Waals surface area contributed by atoms with Crippen molar-refractivity contribution >= 4 is 34.8 Å². The van der Waals surface area contributed by atoms with Gasteiger partial charge in [-0.3, -0.25) is 0 Å². The second-order valence-corrected chi connectivity index (χ2v) is 3.26. The molecule has 1 heterocycles. The van der Waals surface area contributed by atoms with Crippen LogP contribution in [0.25, 0.3) is 0 Å². The van der Waals surface area contributed by atoms with Crippen molar-refractivity contribution in [3.05, 3.63) is 27.5 Å². The Hall–Kier alpha value is -0.120. The summed E-state index contributed by atoms with van der Waals surface area (Å²) in [6.07, 6.45) is -2.69. The van der Waals surface area contributed by atoms with Crippen LogP contribution in [0.2, 0.25) is 10.3 Å². The number of rotatable bonds is 2. The van der Waals surface area contributed by atoms with Gasteiger partial charge in [-0.1, -0.05) is 23.2 Å². The molecular formula is C7H4Cl3F2N. The summed E-state index contributed by atoms with van der Waals surface area (Å²) in [5.74, 6) is -0.0678. The first-order valence-corrected chi connectivity index (χ1v) is 4.54. The van der Waals surface area contributed by atoms with Crippen LogP contribution < -0.4 is 0 Å². The summed E-state index contributed by atoms with van der Waals surface area (Å²) >= 11 is 16.4. The van der Waals surface area contributed by atoms with Crippen LogP contribution in [0, 0.1) is 0 Å². The van der Waals surface area contributed by atoms with Gasteiger partial charge in [-0.2, -0.15) is 0 Å². The van der Waals surface area contributed by atoms with Gasteiger partial charge in [0.25, 0.3) is 6.43 Å². The highest BCUT2D eigenvalue weighted by atomic mass is 35.5. The van der Waals surface area contributed by atoms with E-state index in [0.717, 1.165) is 0 Å². The molecule has 0 spiro atoms. The van der Waals surface area contributed by atoms with E-state index in [4.69, 9.17) is 34.8 Å². The second-order valence-electron chi connectivity index (χ2n) is 2.24. The zero-order chi connectivity index (χ0) is 10.0. The molecule has 0 amide bonds. The van der Waals surface area contributed by atoms with E-state index in [1.54, 1.807) is 0 Å². The predicted molar refractivity (Wildman–Crippen MR) is 48.8 cm³/mol. The predicted octanol–water partition coefficient (Wildman–Crippen LogP) is 4.06. The molecule has 1 aromatic heterocycles. The van der Waals surface area contributed by atoms with Crippen LogP contribution in [0.4, 0.5) is 8.78 Å². The van der Waals surface area contributed by atoms with Crippen molar-refractivity contribution in [2.24, 2.45) is 0 Å². The van der Waals surface area contributed by atoms with E-state index in [0.29, 0.717) is 0 Å². The van der Waals surface area contributed by atoms with E-state index in [9.17, 15) is 8.78 Å². The third kappa shape index (κ3) is 2.42. The Morgan fingerprint density at radius 1 is 1.38 bits per heavy atom. The Morgan fingerprint density at radius 3 is 2.46 bits per heavy atom. The maximum atomic E-state index is 12.4. The molecule has 0 bridgehead atoms. The van der Waals surface area contributed by atoms with Crippen LogP contribution in [-0.4, -0.2) is 4.98 Å². The average molecular weight is 246 g/mol. The van der Waals surface area contributed by atoms with Gasteiger partial charge in [0.2, 0.25) is 0 Å². The lowest BCUT2D eigenvalue weighted by Gasteiger charge is -2.07. The van der Waals surface area contributed by atoms with Gasteiger partial charge in [0.05, 0.1) is 5.56 Å². The minimum atomic E-state index is -2.69. The Morgan fingerprint density at radius 2 is 2.00 bits per heavy atom. The molecule has 0 fully saturated rings. The lowest BCUT2D eigenvalue weighted by atomic mass is 10.2. The summed E-state index contributed by atoms with van der Waals surface area (Å²) in [4.78, 5) is 3.50. The Labute approximate surface area is 88.6 Å². The summed E-state index contributed by atoms with van der Waals surface area (Å²) in [5.41, 5.74) is -0.136. The molecule has 6 heteroatoms. The summed E-state index contributed by atoms with van der Waals surface area (Å²) < 4.78 is 24.8. The smallest absolute Gasteiger partial charge is 0.224 e. The molecule has 1 rings (SSSR count). The fraction of sp³-hybridized carbons (Fsp3) is 0.286. The van der Waals surface area contributed by atoms with Crippen molar-refractivity contribution in [1.82, 2.24) is 4.98 Å². The number of nitrogens with zero attached hydrogens (tertiary/aromatic N) is 1. The van der Waals surface area contributed by atoms with Crippen LogP contribution >= 0.6 is 34.8 Å².